The van der Waals surface area contributed by atoms with Gasteiger partial charge in [-0.1, -0.05) is 12.1 Å². The van der Waals surface area contributed by atoms with Crippen LogP contribution in [0, 0.1) is 18.8 Å². The number of hydrogen-bond acceptors (Lipinski definition) is 7. The summed E-state index contributed by atoms with van der Waals surface area (Å²) in [5, 5.41) is 3.33. The lowest BCUT2D eigenvalue weighted by Crippen LogP contribution is -2.46. The van der Waals surface area contributed by atoms with Crippen LogP contribution in [0.2, 0.25) is 0 Å². The van der Waals surface area contributed by atoms with Crippen molar-refractivity contribution in [3.63, 3.8) is 0 Å². The van der Waals surface area contributed by atoms with Gasteiger partial charge in [0.1, 0.15) is 17.8 Å². The number of alkyl halides is 3. The Morgan fingerprint density at radius 1 is 1.02 bits per heavy atom. The van der Waals surface area contributed by atoms with Gasteiger partial charge < -0.3 is 19.7 Å². The monoisotopic (exact) mass is 573 g/mol. The first kappa shape index (κ1) is 28.4. The molecule has 0 radical (unpaired) electrons. The van der Waals surface area contributed by atoms with Crippen LogP contribution in [0.1, 0.15) is 65.4 Å². The van der Waals surface area contributed by atoms with E-state index in [0.29, 0.717) is 41.5 Å². The van der Waals surface area contributed by atoms with Crippen LogP contribution in [0.3, 0.4) is 0 Å². The van der Waals surface area contributed by atoms with Crippen molar-refractivity contribution in [3.05, 3.63) is 53.0 Å². The molecular weight excluding hydrogens is 535 g/mol. The topological polar surface area (TPSA) is 79.8 Å². The minimum Gasteiger partial charge on any atom is -0.381 e. The Bertz CT molecular complexity index is 1210. The van der Waals surface area contributed by atoms with Gasteiger partial charge in [-0.3, -0.25) is 9.69 Å². The number of carbonyl (C=O) groups excluding carboxylic acids is 1. The third-order valence-corrected chi connectivity index (χ3v) is 9.28. The van der Waals surface area contributed by atoms with E-state index >= 15 is 0 Å². The predicted octanol–water partition coefficient (Wildman–Crippen LogP) is 4.71. The molecule has 5 heterocycles. The van der Waals surface area contributed by atoms with E-state index in [1.807, 2.05) is 11.8 Å². The molecule has 4 aliphatic rings. The van der Waals surface area contributed by atoms with E-state index in [2.05, 4.69) is 20.2 Å². The van der Waals surface area contributed by atoms with Crippen LogP contribution in [-0.4, -0.2) is 83.8 Å². The van der Waals surface area contributed by atoms with Gasteiger partial charge in [0.15, 0.2) is 0 Å². The van der Waals surface area contributed by atoms with Gasteiger partial charge >= 0.3 is 6.18 Å². The molecule has 0 spiro atoms. The number of likely N-dealkylation sites (tertiary alicyclic amines) is 2. The average Bonchev–Trinajstić information content (AvgIpc) is 3.59. The van der Waals surface area contributed by atoms with Crippen molar-refractivity contribution in [2.24, 2.45) is 11.8 Å². The maximum Gasteiger partial charge on any atom is 0.416 e. The summed E-state index contributed by atoms with van der Waals surface area (Å²) in [5.74, 6) is 1.87. The van der Waals surface area contributed by atoms with Crippen molar-refractivity contribution in [2.75, 3.05) is 51.3 Å². The number of nitrogens with zero attached hydrogens (tertiary/aromatic N) is 4. The quantitative estimate of drug-likeness (QED) is 0.536. The Kier molecular flexibility index (Phi) is 8.20. The second kappa shape index (κ2) is 11.9. The fraction of sp³-hybridized carbons (Fsp3) is 0.633. The second-order valence-electron chi connectivity index (χ2n) is 11.9. The zero-order valence-electron chi connectivity index (χ0n) is 23.4. The van der Waals surface area contributed by atoms with Gasteiger partial charge in [0.2, 0.25) is 0 Å². The first-order chi connectivity index (χ1) is 19.8. The molecule has 41 heavy (non-hydrogen) atoms. The van der Waals surface area contributed by atoms with Crippen LogP contribution in [0.25, 0.3) is 0 Å². The lowest BCUT2D eigenvalue weighted by Gasteiger charge is -2.37. The normalized spacial score (nSPS) is 27.7. The minimum absolute atomic E-state index is 0.0608. The van der Waals surface area contributed by atoms with Crippen molar-refractivity contribution in [1.29, 1.82) is 0 Å². The van der Waals surface area contributed by atoms with Crippen molar-refractivity contribution in [3.8, 4) is 0 Å². The highest BCUT2D eigenvalue weighted by Gasteiger charge is 2.40. The zero-order chi connectivity index (χ0) is 28.6. The molecule has 6 rings (SSSR count). The van der Waals surface area contributed by atoms with Crippen LogP contribution in [0.4, 0.5) is 19.0 Å². The number of anilines is 1. The van der Waals surface area contributed by atoms with E-state index in [-0.39, 0.29) is 18.1 Å². The maximum absolute atomic E-state index is 13.4. The van der Waals surface area contributed by atoms with Gasteiger partial charge in [-0.2, -0.15) is 13.2 Å². The predicted molar refractivity (Wildman–Crippen MR) is 146 cm³/mol. The molecule has 0 aliphatic carbocycles. The largest absolute Gasteiger partial charge is 0.416 e. The average molecular weight is 574 g/mol. The third kappa shape index (κ3) is 6.22. The Morgan fingerprint density at radius 2 is 1.73 bits per heavy atom. The summed E-state index contributed by atoms with van der Waals surface area (Å²) < 4.78 is 50.7. The Morgan fingerprint density at radius 3 is 2.41 bits per heavy atom. The van der Waals surface area contributed by atoms with E-state index in [1.165, 1.54) is 18.5 Å². The number of halogens is 3. The van der Waals surface area contributed by atoms with Gasteiger partial charge in [-0.25, -0.2) is 9.97 Å². The summed E-state index contributed by atoms with van der Waals surface area (Å²) in [6, 6.07) is 5.75. The summed E-state index contributed by atoms with van der Waals surface area (Å²) in [6.45, 7) is 7.77. The highest BCUT2D eigenvalue weighted by molar-refractivity contribution is 5.94. The number of ether oxygens (including phenoxy) is 2. The van der Waals surface area contributed by atoms with Gasteiger partial charge in [-0.15, -0.1) is 0 Å². The van der Waals surface area contributed by atoms with E-state index in [0.717, 1.165) is 89.2 Å². The lowest BCUT2D eigenvalue weighted by molar-refractivity contribution is -0.137. The third-order valence-electron chi connectivity index (χ3n) is 9.28. The molecule has 1 aromatic heterocycles. The molecule has 222 valence electrons. The van der Waals surface area contributed by atoms with E-state index < -0.39 is 11.7 Å². The highest BCUT2D eigenvalue weighted by atomic mass is 19.4. The Labute approximate surface area is 238 Å². The standard InChI is InChI=1S/C30H38F3N5O3/c1-19-27(29(39)37-11-9-24(10-12-37)38-14-21-16-40-17-22(21)15-38)35-18-36-28(19)34-13-25-3-2-4-26(41-25)20-5-7-23(8-6-20)30(31,32)33/h5-8,18,21-22,24-26H,2-4,9-17H2,1H3,(H,34,35,36)/t21?,22?,25-,26+/m1/s1. The zero-order valence-corrected chi connectivity index (χ0v) is 23.4. The maximum atomic E-state index is 13.4. The molecule has 4 fully saturated rings. The van der Waals surface area contributed by atoms with E-state index in [1.54, 1.807) is 0 Å². The number of hydrogen-bond donors (Lipinski definition) is 1. The van der Waals surface area contributed by atoms with Gasteiger partial charge in [0.05, 0.1) is 31.0 Å². The molecule has 4 saturated heterocycles. The van der Waals surface area contributed by atoms with Crippen molar-refractivity contribution >= 4 is 11.7 Å². The number of aromatic nitrogens is 2. The van der Waals surface area contributed by atoms with Crippen molar-refractivity contribution < 1.29 is 27.4 Å². The molecule has 0 bridgehead atoms. The fourth-order valence-electron chi connectivity index (χ4n) is 6.84. The number of fused-ring (bicyclic) bond motifs is 1. The summed E-state index contributed by atoms with van der Waals surface area (Å²) in [4.78, 5) is 26.7. The molecule has 1 amide bonds. The van der Waals surface area contributed by atoms with Crippen LogP contribution in [0.15, 0.2) is 30.6 Å². The van der Waals surface area contributed by atoms with E-state index in [4.69, 9.17) is 9.47 Å². The number of carbonyl (C=O) groups is 1. The summed E-state index contributed by atoms with van der Waals surface area (Å²) in [5.41, 5.74) is 1.22. The summed E-state index contributed by atoms with van der Waals surface area (Å²) in [6.07, 6.45) is 1.14. The number of amides is 1. The molecule has 1 N–H and O–H groups in total. The Balaban J connectivity index is 1.02. The smallest absolute Gasteiger partial charge is 0.381 e. The molecule has 0 saturated carbocycles. The first-order valence-corrected chi connectivity index (χ1v) is 14.8. The molecule has 4 atom stereocenters. The van der Waals surface area contributed by atoms with Crippen LogP contribution in [0.5, 0.6) is 0 Å². The molecule has 4 aliphatic heterocycles. The summed E-state index contributed by atoms with van der Waals surface area (Å²) >= 11 is 0. The minimum atomic E-state index is -4.35. The number of piperidine rings is 1. The number of nitrogens with one attached hydrogen (secondary N) is 1. The molecule has 2 aromatic rings. The molecule has 11 heteroatoms. The van der Waals surface area contributed by atoms with Gasteiger partial charge in [0, 0.05) is 56.2 Å². The molecular formula is C30H38F3N5O3. The number of rotatable bonds is 6. The van der Waals surface area contributed by atoms with Crippen molar-refractivity contribution in [2.45, 2.75) is 63.5 Å². The summed E-state index contributed by atoms with van der Waals surface area (Å²) in [7, 11) is 0. The lowest BCUT2D eigenvalue weighted by atomic mass is 9.97. The van der Waals surface area contributed by atoms with E-state index in [9.17, 15) is 18.0 Å². The fourth-order valence-corrected chi connectivity index (χ4v) is 6.84. The second-order valence-corrected chi connectivity index (χ2v) is 11.9. The molecule has 2 unspecified atom stereocenters. The number of benzene rings is 1. The van der Waals surface area contributed by atoms with Crippen molar-refractivity contribution in [1.82, 2.24) is 19.8 Å². The first-order valence-electron chi connectivity index (χ1n) is 14.8. The van der Waals surface area contributed by atoms with Crippen LogP contribution >= 0.6 is 0 Å². The Hall–Kier alpha value is -2.76. The SMILES string of the molecule is Cc1c(NC[C@H]2CCC[C@@H](c3ccc(C(F)(F)F)cc3)O2)ncnc1C(=O)N1CCC(N2CC3COCC3C2)CC1. The highest BCUT2D eigenvalue weighted by Crippen LogP contribution is 2.35. The van der Waals surface area contributed by atoms with Crippen LogP contribution < -0.4 is 5.32 Å². The van der Waals surface area contributed by atoms with Gasteiger partial charge in [0.25, 0.3) is 5.91 Å². The van der Waals surface area contributed by atoms with Crippen LogP contribution in [-0.2, 0) is 15.7 Å². The molecule has 8 nitrogen and oxygen atoms in total. The molecule has 1 aromatic carbocycles. The van der Waals surface area contributed by atoms with Gasteiger partial charge in [-0.05, 0) is 56.7 Å².